The first-order chi connectivity index (χ1) is 4.84. The second-order valence-corrected chi connectivity index (χ2v) is 3.55. The predicted octanol–water partition coefficient (Wildman–Crippen LogP) is 1.79. The van der Waals surface area contributed by atoms with Gasteiger partial charge in [-0.05, 0) is 0 Å². The molecule has 52 valence electrons. The fraction of sp³-hybridized carbons (Fsp3) is 0.222. The molecule has 0 aliphatic carbocycles. The molecule has 10 heavy (non-hydrogen) atoms. The number of hydrogen-bond acceptors (Lipinski definition) is 0. The van der Waals surface area contributed by atoms with Crippen LogP contribution in [-0.4, -0.2) is 25.4 Å². The van der Waals surface area contributed by atoms with Gasteiger partial charge in [-0.2, -0.15) is 0 Å². The fourth-order valence-corrected chi connectivity index (χ4v) is 1.22. The Morgan fingerprint density at radius 2 is 1.90 bits per heavy atom. The van der Waals surface area contributed by atoms with E-state index in [-0.39, 0.29) is 0 Å². The van der Waals surface area contributed by atoms with E-state index < -0.39 is 0 Å². The zero-order valence-electron chi connectivity index (χ0n) is 6.00. The van der Waals surface area contributed by atoms with Crippen LogP contribution in [0.4, 0.5) is 0 Å². The molecule has 0 aliphatic heterocycles. The molecular weight excluding hydrogens is 236 g/mol. The van der Waals surface area contributed by atoms with E-state index in [2.05, 4.69) is 53.0 Å². The predicted molar refractivity (Wildman–Crippen MR) is 46.6 cm³/mol. The first-order valence-electron chi connectivity index (χ1n) is 3.43. The van der Waals surface area contributed by atoms with Crippen LogP contribution in [0.3, 0.4) is 0 Å². The fourth-order valence-electron chi connectivity index (χ4n) is 0.828. The summed E-state index contributed by atoms with van der Waals surface area (Å²) < 4.78 is 1.47. The van der Waals surface area contributed by atoms with E-state index in [1.54, 1.807) is 0 Å². The van der Waals surface area contributed by atoms with E-state index in [0.717, 1.165) is 6.42 Å². The van der Waals surface area contributed by atoms with Crippen molar-refractivity contribution in [3.63, 3.8) is 0 Å². The van der Waals surface area contributed by atoms with Gasteiger partial charge in [-0.1, -0.05) is 0 Å². The SMILES string of the molecule is CCC(=[Te])c1ccccc1. The Hall–Kier alpha value is -0.120. The van der Waals surface area contributed by atoms with Crippen molar-refractivity contribution < 1.29 is 0 Å². The van der Waals surface area contributed by atoms with Gasteiger partial charge in [0.15, 0.2) is 0 Å². The summed E-state index contributed by atoms with van der Waals surface area (Å²) in [6.45, 7) is 2.19. The molecule has 1 heteroatoms. The molecule has 0 aromatic heterocycles. The molecule has 0 aliphatic rings. The van der Waals surface area contributed by atoms with E-state index in [4.69, 9.17) is 0 Å². The Kier molecular flexibility index (Phi) is 3.12. The third-order valence-corrected chi connectivity index (χ3v) is 2.91. The van der Waals surface area contributed by atoms with Crippen LogP contribution in [-0.2, 0) is 0 Å². The average molecular weight is 246 g/mol. The molecular formula is C9H10Te. The Balaban J connectivity index is 2.85. The Labute approximate surface area is 74.7 Å². The standard InChI is InChI=1S/C9H10Te/c1-2-9(10)8-6-4-3-5-7-8/h3-7H,2H2,1H3. The van der Waals surface area contributed by atoms with Crippen molar-refractivity contribution in [3.05, 3.63) is 35.9 Å². The summed E-state index contributed by atoms with van der Waals surface area (Å²) in [5.41, 5.74) is 1.37. The van der Waals surface area contributed by atoms with Crippen LogP contribution in [0.5, 0.6) is 0 Å². The molecule has 0 radical (unpaired) electrons. The molecule has 0 atom stereocenters. The topological polar surface area (TPSA) is 0 Å². The molecule has 1 aromatic rings. The van der Waals surface area contributed by atoms with Crippen LogP contribution in [0.1, 0.15) is 18.9 Å². The van der Waals surface area contributed by atoms with E-state index in [1.807, 2.05) is 6.07 Å². The van der Waals surface area contributed by atoms with Gasteiger partial charge < -0.3 is 0 Å². The third-order valence-electron chi connectivity index (χ3n) is 1.42. The average Bonchev–Trinajstić information content (AvgIpc) is 2.05. The Morgan fingerprint density at radius 3 is 2.40 bits per heavy atom. The summed E-state index contributed by atoms with van der Waals surface area (Å²) in [4.78, 5) is 0. The van der Waals surface area contributed by atoms with Crippen molar-refractivity contribution in [2.75, 3.05) is 0 Å². The second kappa shape index (κ2) is 3.91. The van der Waals surface area contributed by atoms with Crippen molar-refractivity contribution >= 4 is 25.4 Å². The van der Waals surface area contributed by atoms with Gasteiger partial charge in [0, 0.05) is 0 Å². The molecule has 0 N–H and O–H groups in total. The monoisotopic (exact) mass is 248 g/mol. The molecule has 0 saturated carbocycles. The Morgan fingerprint density at radius 1 is 1.30 bits per heavy atom. The van der Waals surface area contributed by atoms with Gasteiger partial charge in [0.1, 0.15) is 0 Å². The molecule has 0 heterocycles. The number of benzene rings is 1. The van der Waals surface area contributed by atoms with Crippen LogP contribution in [0.15, 0.2) is 30.3 Å². The van der Waals surface area contributed by atoms with Gasteiger partial charge in [-0.15, -0.1) is 0 Å². The number of rotatable bonds is 2. The van der Waals surface area contributed by atoms with Gasteiger partial charge >= 0.3 is 74.6 Å². The summed E-state index contributed by atoms with van der Waals surface area (Å²) in [5.74, 6) is 0. The molecule has 1 rings (SSSR count). The summed E-state index contributed by atoms with van der Waals surface area (Å²) in [6.07, 6.45) is 1.15. The maximum atomic E-state index is 2.19. The summed E-state index contributed by atoms with van der Waals surface area (Å²) in [5, 5.41) is 0. The maximum absolute atomic E-state index is 2.19. The van der Waals surface area contributed by atoms with Crippen LogP contribution in [0, 0.1) is 0 Å². The quantitative estimate of drug-likeness (QED) is 0.697. The van der Waals surface area contributed by atoms with Crippen molar-refractivity contribution in [3.8, 4) is 0 Å². The number of hydrogen-bond donors (Lipinski definition) is 0. The zero-order chi connectivity index (χ0) is 7.40. The normalized spacial score (nSPS) is 9.30. The van der Waals surface area contributed by atoms with E-state index in [9.17, 15) is 0 Å². The van der Waals surface area contributed by atoms with Crippen LogP contribution >= 0.6 is 0 Å². The van der Waals surface area contributed by atoms with Crippen molar-refractivity contribution in [2.24, 2.45) is 0 Å². The van der Waals surface area contributed by atoms with Gasteiger partial charge in [-0.25, -0.2) is 0 Å². The van der Waals surface area contributed by atoms with Crippen molar-refractivity contribution in [1.82, 2.24) is 0 Å². The van der Waals surface area contributed by atoms with Gasteiger partial charge in [-0.3, -0.25) is 0 Å². The van der Waals surface area contributed by atoms with Crippen LogP contribution in [0.25, 0.3) is 0 Å². The molecule has 0 amide bonds. The minimum atomic E-state index is 1.15. The minimum absolute atomic E-state index is 1.15. The molecule has 0 saturated heterocycles. The Bertz CT molecular complexity index is 213. The first-order valence-corrected chi connectivity index (χ1v) is 4.59. The molecule has 1 aromatic carbocycles. The molecule has 0 unspecified atom stereocenters. The summed E-state index contributed by atoms with van der Waals surface area (Å²) in [6, 6.07) is 10.5. The third kappa shape index (κ3) is 1.94. The van der Waals surface area contributed by atoms with E-state index in [1.165, 1.54) is 9.11 Å². The molecule has 0 spiro atoms. The van der Waals surface area contributed by atoms with E-state index >= 15 is 0 Å². The molecule has 0 fully saturated rings. The zero-order valence-corrected chi connectivity index (χ0v) is 8.33. The first kappa shape index (κ1) is 7.98. The summed E-state index contributed by atoms with van der Waals surface area (Å²) in [7, 11) is 0. The van der Waals surface area contributed by atoms with Gasteiger partial charge in [0.05, 0.1) is 0 Å². The van der Waals surface area contributed by atoms with Crippen molar-refractivity contribution in [2.45, 2.75) is 13.3 Å². The van der Waals surface area contributed by atoms with Crippen molar-refractivity contribution in [1.29, 1.82) is 0 Å². The molecule has 0 bridgehead atoms. The van der Waals surface area contributed by atoms with E-state index in [0.29, 0.717) is 0 Å². The van der Waals surface area contributed by atoms with Crippen LogP contribution < -0.4 is 0 Å². The van der Waals surface area contributed by atoms with Gasteiger partial charge in [0.25, 0.3) is 0 Å². The summed E-state index contributed by atoms with van der Waals surface area (Å²) >= 11 is 2.11. The second-order valence-electron chi connectivity index (χ2n) is 2.14. The molecule has 0 nitrogen and oxygen atoms in total. The van der Waals surface area contributed by atoms with Crippen LogP contribution in [0.2, 0.25) is 0 Å². The van der Waals surface area contributed by atoms with Gasteiger partial charge in [0.2, 0.25) is 0 Å².